The predicted octanol–water partition coefficient (Wildman–Crippen LogP) is 2.87. The molecule has 1 aromatic heterocycles. The average molecular weight is 596 g/mol. The van der Waals surface area contributed by atoms with Crippen LogP contribution in [0.3, 0.4) is 0 Å². The monoisotopic (exact) mass is 595 g/mol. The Kier molecular flexibility index (Phi) is 20.3. The summed E-state index contributed by atoms with van der Waals surface area (Å²) >= 11 is 0. The van der Waals surface area contributed by atoms with Crippen LogP contribution < -0.4 is 11.4 Å². The molecule has 11 nitrogen and oxygen atoms in total. The maximum absolute atomic E-state index is 12.3. The van der Waals surface area contributed by atoms with E-state index in [4.69, 9.17) is 34.0 Å². The van der Waals surface area contributed by atoms with Crippen molar-refractivity contribution in [3.63, 3.8) is 0 Å². The Morgan fingerprint density at radius 1 is 1.24 bits per heavy atom. The normalized spacial score (nSPS) is 16.5. The number of esters is 1. The number of anilines is 1. The Morgan fingerprint density at radius 3 is 2.26 bits per heavy atom. The number of aromatic nitrogens is 2. The van der Waals surface area contributed by atoms with Gasteiger partial charge in [-0.2, -0.15) is 4.98 Å². The van der Waals surface area contributed by atoms with Crippen molar-refractivity contribution >= 4 is 40.5 Å². The molecule has 0 unspecified atom stereocenters. The molecule has 2 heterocycles. The SMILES string of the molecule is C=O.C=O.C=O.CCOC(=O)/C=C/C1=C[C@H](n2ccc(N)nc2=O)O[C@@H]1CO[Si](C)(C)C(C)(C)C(C)C.[Fe]. The van der Waals surface area contributed by atoms with E-state index >= 15 is 0 Å². The van der Waals surface area contributed by atoms with Gasteiger partial charge in [0.2, 0.25) is 0 Å². The van der Waals surface area contributed by atoms with Gasteiger partial charge in [0.15, 0.2) is 14.5 Å². The third kappa shape index (κ3) is 11.4. The summed E-state index contributed by atoms with van der Waals surface area (Å²) < 4.78 is 18.9. The van der Waals surface area contributed by atoms with Crippen molar-refractivity contribution < 1.29 is 50.1 Å². The molecule has 216 valence electrons. The summed E-state index contributed by atoms with van der Waals surface area (Å²) in [5.74, 6) is 0.173. The fourth-order valence-corrected chi connectivity index (χ4v) is 5.47. The Hall–Kier alpha value is -2.70. The minimum atomic E-state index is -2.09. The average Bonchev–Trinajstić information content (AvgIpc) is 3.28. The van der Waals surface area contributed by atoms with Crippen molar-refractivity contribution in [2.45, 2.75) is 65.1 Å². The number of ether oxygens (including phenoxy) is 2. The van der Waals surface area contributed by atoms with E-state index in [2.05, 4.69) is 45.8 Å². The van der Waals surface area contributed by atoms with E-state index in [0.717, 1.165) is 5.57 Å². The van der Waals surface area contributed by atoms with Gasteiger partial charge in [0.05, 0.1) is 13.2 Å². The molecule has 0 spiro atoms. The van der Waals surface area contributed by atoms with E-state index in [1.807, 2.05) is 20.4 Å². The third-order valence-electron chi connectivity index (χ3n) is 6.43. The number of nitrogen functional groups attached to an aromatic ring is 1. The zero-order chi connectivity index (χ0) is 29.4. The van der Waals surface area contributed by atoms with Crippen LogP contribution in [-0.2, 0) is 50.1 Å². The van der Waals surface area contributed by atoms with Crippen molar-refractivity contribution in [1.29, 1.82) is 0 Å². The van der Waals surface area contributed by atoms with Gasteiger partial charge in [0.1, 0.15) is 32.3 Å². The van der Waals surface area contributed by atoms with Crippen LogP contribution in [-0.4, -0.2) is 63.5 Å². The van der Waals surface area contributed by atoms with Gasteiger partial charge >= 0.3 is 11.7 Å². The quantitative estimate of drug-likeness (QED) is 0.256. The molecule has 0 aromatic carbocycles. The second kappa shape index (κ2) is 19.4. The molecule has 2 N–H and O–H groups in total. The smallest absolute Gasteiger partial charge is 0.351 e. The second-order valence-corrected chi connectivity index (χ2v) is 13.6. The van der Waals surface area contributed by atoms with Crippen LogP contribution in [0.5, 0.6) is 0 Å². The van der Waals surface area contributed by atoms with E-state index in [0.29, 0.717) is 19.1 Å². The molecule has 1 aliphatic heterocycles. The number of hydrogen-bond acceptors (Lipinski definition) is 10. The van der Waals surface area contributed by atoms with E-state index in [-0.39, 0.29) is 27.9 Å². The molecular weight excluding hydrogens is 554 g/mol. The fourth-order valence-electron chi connectivity index (χ4n) is 3.14. The van der Waals surface area contributed by atoms with Crippen LogP contribution in [0.15, 0.2) is 40.9 Å². The summed E-state index contributed by atoms with van der Waals surface area (Å²) in [7, 11) is -2.09. The zero-order valence-electron chi connectivity index (χ0n) is 23.2. The molecule has 0 amide bonds. The van der Waals surface area contributed by atoms with Gasteiger partial charge in [-0.25, -0.2) is 9.59 Å². The third-order valence-corrected chi connectivity index (χ3v) is 11.0. The molecule has 0 fully saturated rings. The second-order valence-electron chi connectivity index (χ2n) is 9.01. The first-order valence-corrected chi connectivity index (χ1v) is 14.4. The minimum Gasteiger partial charge on any atom is -0.463 e. The van der Waals surface area contributed by atoms with Gasteiger partial charge in [-0.15, -0.1) is 0 Å². The van der Waals surface area contributed by atoms with Crippen LogP contribution in [0.2, 0.25) is 18.1 Å². The molecule has 2 atom stereocenters. The first kappa shape index (κ1) is 39.8. The number of carbonyl (C=O) groups excluding carboxylic acids is 4. The van der Waals surface area contributed by atoms with Crippen molar-refractivity contribution in [2.75, 3.05) is 18.9 Å². The molecule has 13 heteroatoms. The van der Waals surface area contributed by atoms with Crippen molar-refractivity contribution in [2.24, 2.45) is 5.92 Å². The maximum atomic E-state index is 12.3. The predicted molar refractivity (Wildman–Crippen MR) is 144 cm³/mol. The molecule has 0 bridgehead atoms. The van der Waals surface area contributed by atoms with Crippen LogP contribution >= 0.6 is 0 Å². The molecule has 0 aliphatic carbocycles. The molecule has 1 aliphatic rings. The van der Waals surface area contributed by atoms with Gasteiger partial charge in [-0.1, -0.05) is 27.7 Å². The van der Waals surface area contributed by atoms with Crippen LogP contribution in [0.4, 0.5) is 5.82 Å². The topological polar surface area (TPSA) is 157 Å². The van der Waals surface area contributed by atoms with E-state index in [9.17, 15) is 9.59 Å². The zero-order valence-corrected chi connectivity index (χ0v) is 25.3. The Morgan fingerprint density at radius 2 is 1.79 bits per heavy atom. The van der Waals surface area contributed by atoms with Crippen molar-refractivity contribution in [3.8, 4) is 0 Å². The van der Waals surface area contributed by atoms with Crippen LogP contribution in [0.1, 0.15) is 40.8 Å². The number of hydrogen-bond donors (Lipinski definition) is 1. The number of nitrogens with two attached hydrogens (primary N) is 1. The molecule has 0 radical (unpaired) electrons. The number of rotatable bonds is 9. The standard InChI is InChI=1S/C22H35N3O5Si.3CH2O.Fe/c1-8-28-20(26)10-9-16-13-19(25-12-11-18(23)24-21(25)27)30-17(16)14-29-31(6,7)22(4,5)15(2)3;3*1-2;/h9-13,15,17,19H,8,14H2,1-7H3,(H2,23,24,27);3*1H2;/b10-9+;;;;/t17-,19-;;;;/m1..../s1. The molecule has 1 aromatic rings. The number of nitrogens with zero attached hydrogens (tertiary/aromatic N) is 2. The van der Waals surface area contributed by atoms with Crippen LogP contribution in [0.25, 0.3) is 0 Å². The maximum Gasteiger partial charge on any atom is 0.351 e. The molecule has 0 saturated heterocycles. The Bertz CT molecular complexity index is 961. The van der Waals surface area contributed by atoms with E-state index < -0.39 is 32.3 Å². The van der Waals surface area contributed by atoms with Crippen molar-refractivity contribution in [1.82, 2.24) is 9.55 Å². The van der Waals surface area contributed by atoms with Crippen molar-refractivity contribution in [3.05, 3.63) is 46.5 Å². The van der Waals surface area contributed by atoms with Gasteiger partial charge in [-0.05, 0) is 54.8 Å². The Labute approximate surface area is 236 Å². The van der Waals surface area contributed by atoms with Gasteiger partial charge in [0.25, 0.3) is 0 Å². The molecular formula is C25H41FeN3O8Si. The van der Waals surface area contributed by atoms with Gasteiger partial charge < -0.3 is 34.0 Å². The first-order chi connectivity index (χ1) is 17.4. The Balaban J connectivity index is -0.00000163. The van der Waals surface area contributed by atoms with E-state index in [1.165, 1.54) is 16.7 Å². The summed E-state index contributed by atoms with van der Waals surface area (Å²) in [6, 6.07) is 1.54. The summed E-state index contributed by atoms with van der Waals surface area (Å²) in [6.07, 6.45) is 5.24. The van der Waals surface area contributed by atoms with Gasteiger partial charge in [-0.3, -0.25) is 4.57 Å². The first-order valence-electron chi connectivity index (χ1n) is 11.5. The number of carbonyl (C=O) groups is 4. The largest absolute Gasteiger partial charge is 0.463 e. The molecule has 38 heavy (non-hydrogen) atoms. The molecule has 2 rings (SSSR count). The fraction of sp³-hybridized carbons (Fsp3) is 0.520. The van der Waals surface area contributed by atoms with Gasteiger partial charge in [0, 0.05) is 29.3 Å². The summed E-state index contributed by atoms with van der Waals surface area (Å²) in [5.41, 5.74) is 5.83. The summed E-state index contributed by atoms with van der Waals surface area (Å²) in [5, 5.41) is 0.0491. The molecule has 0 saturated carbocycles. The van der Waals surface area contributed by atoms with Crippen LogP contribution in [0, 0.1) is 5.92 Å². The van der Waals surface area contributed by atoms with E-state index in [1.54, 1.807) is 25.3 Å². The summed E-state index contributed by atoms with van der Waals surface area (Å²) in [6.45, 7) is 21.6. The minimum absolute atomic E-state index is 0. The summed E-state index contributed by atoms with van der Waals surface area (Å²) in [4.78, 5) is 51.8.